The molecule has 0 bridgehead atoms. The summed E-state index contributed by atoms with van der Waals surface area (Å²) in [5, 5.41) is 0. The maximum Gasteiger partial charge on any atom is 0.417 e. The van der Waals surface area contributed by atoms with Gasteiger partial charge in [0.05, 0.1) is 5.56 Å². The Hall–Kier alpha value is -2.37. The second-order valence-corrected chi connectivity index (χ2v) is 5.95. The van der Waals surface area contributed by atoms with Crippen LogP contribution in [0, 0.1) is 29.1 Å². The van der Waals surface area contributed by atoms with Crippen LogP contribution in [0.3, 0.4) is 0 Å². The zero-order chi connectivity index (χ0) is 19.2. The van der Waals surface area contributed by atoms with Crippen molar-refractivity contribution in [2.24, 2.45) is 0 Å². The monoisotopic (exact) mass is 392 g/mol. The molecule has 0 fully saturated rings. The van der Waals surface area contributed by atoms with Crippen LogP contribution >= 0.6 is 0 Å². The van der Waals surface area contributed by atoms with E-state index in [0.29, 0.717) is 12.1 Å². The lowest BCUT2D eigenvalue weighted by molar-refractivity contribution is -0.139. The summed E-state index contributed by atoms with van der Waals surface area (Å²) in [7, 11) is -5.57. The molecule has 0 aliphatic rings. The van der Waals surface area contributed by atoms with E-state index in [1.807, 2.05) is 0 Å². The molecule has 3 nitrogen and oxygen atoms in total. The fourth-order valence-corrected chi connectivity index (χ4v) is 2.89. The van der Waals surface area contributed by atoms with E-state index in [4.69, 9.17) is 0 Å². The first-order chi connectivity index (χ1) is 11.4. The highest BCUT2D eigenvalue weighted by Crippen LogP contribution is 2.36. The largest absolute Gasteiger partial charge is 0.417 e. The molecule has 0 amide bonds. The number of benzene rings is 2. The molecule has 0 saturated heterocycles. The zero-order valence-corrected chi connectivity index (χ0v) is 12.3. The Morgan fingerprint density at radius 1 is 0.760 bits per heavy atom. The minimum Gasteiger partial charge on any atom is -0.372 e. The van der Waals surface area contributed by atoms with E-state index in [1.165, 1.54) is 0 Å². The molecule has 0 aliphatic heterocycles. The number of alkyl halides is 3. The molecule has 0 heterocycles. The summed E-state index contributed by atoms with van der Waals surface area (Å²) in [6.07, 6.45) is -5.19. The van der Waals surface area contributed by atoms with Crippen molar-refractivity contribution in [3.05, 3.63) is 58.9 Å². The van der Waals surface area contributed by atoms with Crippen LogP contribution in [0.15, 0.2) is 29.2 Å². The summed E-state index contributed by atoms with van der Waals surface area (Å²) < 4.78 is 132. The van der Waals surface area contributed by atoms with Crippen molar-refractivity contribution in [2.45, 2.75) is 11.1 Å². The highest BCUT2D eigenvalue weighted by atomic mass is 32.2. The van der Waals surface area contributed by atoms with Gasteiger partial charge in [-0.15, -0.1) is 0 Å². The molecular weight excluding hydrogens is 388 g/mol. The van der Waals surface area contributed by atoms with E-state index < -0.39 is 61.6 Å². The van der Waals surface area contributed by atoms with Gasteiger partial charge in [0.25, 0.3) is 0 Å². The maximum atomic E-state index is 13.5. The lowest BCUT2D eigenvalue weighted by Gasteiger charge is -2.14. The predicted octanol–water partition coefficient (Wildman–Crippen LogP) is 4.17. The topological polar surface area (TPSA) is 43.4 Å². The van der Waals surface area contributed by atoms with Crippen LogP contribution in [-0.4, -0.2) is 8.42 Å². The molecule has 25 heavy (non-hydrogen) atoms. The van der Waals surface area contributed by atoms with Gasteiger partial charge in [-0.1, -0.05) is 12.1 Å². The molecule has 0 unspecified atom stereocenters. The van der Waals surface area contributed by atoms with Crippen LogP contribution < -0.4 is 4.18 Å². The van der Waals surface area contributed by atoms with Crippen molar-refractivity contribution in [1.82, 2.24) is 0 Å². The molecular formula is C13H4F8O3S. The fraction of sp³-hybridized carbons (Fsp3) is 0.0769. The van der Waals surface area contributed by atoms with Gasteiger partial charge in [-0.3, -0.25) is 0 Å². The van der Waals surface area contributed by atoms with Crippen LogP contribution in [0.2, 0.25) is 0 Å². The Bertz CT molecular complexity index is 908. The Balaban J connectivity index is 2.64. The Morgan fingerprint density at radius 3 is 1.68 bits per heavy atom. The smallest absolute Gasteiger partial charge is 0.372 e. The van der Waals surface area contributed by atoms with Crippen LogP contribution in [0.4, 0.5) is 35.1 Å². The average molecular weight is 392 g/mol. The molecule has 0 saturated carbocycles. The molecule has 0 radical (unpaired) electrons. The molecule has 2 aromatic carbocycles. The third-order valence-corrected chi connectivity index (χ3v) is 4.11. The van der Waals surface area contributed by atoms with Crippen molar-refractivity contribution >= 4 is 10.1 Å². The highest BCUT2D eigenvalue weighted by Gasteiger charge is 2.39. The fourth-order valence-electron chi connectivity index (χ4n) is 1.73. The molecule has 12 heteroatoms. The lowest BCUT2D eigenvalue weighted by atomic mass is 10.2. The van der Waals surface area contributed by atoms with Gasteiger partial charge >= 0.3 is 16.3 Å². The molecule has 136 valence electrons. The lowest BCUT2D eigenvalue weighted by Crippen LogP contribution is -2.19. The first-order valence-electron chi connectivity index (χ1n) is 6.00. The van der Waals surface area contributed by atoms with Crippen LogP contribution in [0.1, 0.15) is 5.56 Å². The Kier molecular flexibility index (Phi) is 4.68. The molecule has 0 atom stereocenters. The third-order valence-electron chi connectivity index (χ3n) is 2.82. The highest BCUT2D eigenvalue weighted by molar-refractivity contribution is 7.87. The van der Waals surface area contributed by atoms with E-state index in [1.54, 1.807) is 0 Å². The summed E-state index contributed by atoms with van der Waals surface area (Å²) in [5.74, 6) is -15.2. The number of halogens is 8. The second-order valence-electron chi connectivity index (χ2n) is 4.43. The zero-order valence-electron chi connectivity index (χ0n) is 11.5. The number of hydrogen-bond donors (Lipinski definition) is 0. The molecule has 0 aromatic heterocycles. The first-order valence-corrected chi connectivity index (χ1v) is 7.41. The normalized spacial score (nSPS) is 12.3. The minimum absolute atomic E-state index is 0.328. The quantitative estimate of drug-likeness (QED) is 0.341. The van der Waals surface area contributed by atoms with Crippen LogP contribution in [0.25, 0.3) is 0 Å². The van der Waals surface area contributed by atoms with E-state index in [2.05, 4.69) is 4.18 Å². The minimum atomic E-state index is -5.57. The molecule has 2 aromatic rings. The summed E-state index contributed by atoms with van der Waals surface area (Å²) >= 11 is 0. The number of hydrogen-bond acceptors (Lipinski definition) is 3. The van der Waals surface area contributed by atoms with Gasteiger partial charge < -0.3 is 4.18 Å². The van der Waals surface area contributed by atoms with Crippen LogP contribution in [0.5, 0.6) is 5.75 Å². The summed E-state index contributed by atoms with van der Waals surface area (Å²) in [5.41, 5.74) is -1.75. The Labute approximate surface area is 134 Å². The Morgan fingerprint density at radius 2 is 1.20 bits per heavy atom. The second kappa shape index (κ2) is 6.17. The van der Waals surface area contributed by atoms with E-state index in [9.17, 15) is 43.5 Å². The van der Waals surface area contributed by atoms with Crippen molar-refractivity contribution < 1.29 is 47.7 Å². The van der Waals surface area contributed by atoms with E-state index in [0.717, 1.165) is 12.1 Å². The van der Waals surface area contributed by atoms with Gasteiger partial charge in [0.2, 0.25) is 34.8 Å². The summed E-state index contributed by atoms with van der Waals surface area (Å²) in [4.78, 5) is -1.56. The predicted molar refractivity (Wildman–Crippen MR) is 65.5 cm³/mol. The molecule has 0 spiro atoms. The summed E-state index contributed by atoms with van der Waals surface area (Å²) in [6, 6.07) is 2.38. The van der Waals surface area contributed by atoms with Gasteiger partial charge in [0, 0.05) is 0 Å². The van der Waals surface area contributed by atoms with Crippen molar-refractivity contribution in [3.8, 4) is 5.75 Å². The molecule has 0 aliphatic carbocycles. The average Bonchev–Trinajstić information content (AvgIpc) is 2.54. The van der Waals surface area contributed by atoms with Gasteiger partial charge in [-0.05, 0) is 12.1 Å². The SMILES string of the molecule is O=S(=O)(Oc1c(F)c(F)c(F)c(F)c1F)c1ccccc1C(F)(F)F. The van der Waals surface area contributed by atoms with Crippen molar-refractivity contribution in [1.29, 1.82) is 0 Å². The van der Waals surface area contributed by atoms with Crippen LogP contribution in [-0.2, 0) is 16.3 Å². The van der Waals surface area contributed by atoms with Gasteiger partial charge in [-0.2, -0.15) is 30.4 Å². The van der Waals surface area contributed by atoms with Crippen molar-refractivity contribution in [2.75, 3.05) is 0 Å². The standard InChI is InChI=1S/C13H4F8O3S/c14-7-8(15)10(17)12(11(18)9(7)16)24-25(22,23)6-4-2-1-3-5(6)13(19,20)21/h1-4H. The van der Waals surface area contributed by atoms with E-state index in [-0.39, 0.29) is 0 Å². The maximum absolute atomic E-state index is 13.5. The number of rotatable bonds is 3. The van der Waals surface area contributed by atoms with E-state index >= 15 is 0 Å². The molecule has 2 rings (SSSR count). The first kappa shape index (κ1) is 19.0. The van der Waals surface area contributed by atoms with Gasteiger partial charge in [0.1, 0.15) is 4.90 Å². The summed E-state index contributed by atoms with van der Waals surface area (Å²) in [6.45, 7) is 0. The third kappa shape index (κ3) is 3.38. The van der Waals surface area contributed by atoms with Gasteiger partial charge in [0.15, 0.2) is 0 Å². The van der Waals surface area contributed by atoms with Gasteiger partial charge in [-0.25, -0.2) is 13.2 Å². The van der Waals surface area contributed by atoms with Crippen molar-refractivity contribution in [3.63, 3.8) is 0 Å². The molecule has 0 N–H and O–H groups in total.